The lowest BCUT2D eigenvalue weighted by molar-refractivity contribution is 0.403. The molecular weight excluding hydrogens is 238 g/mol. The van der Waals surface area contributed by atoms with Crippen molar-refractivity contribution in [3.8, 4) is 16.9 Å². The Morgan fingerprint density at radius 3 is 2.58 bits per heavy atom. The van der Waals surface area contributed by atoms with Crippen LogP contribution in [0.4, 0.5) is 5.82 Å². The van der Waals surface area contributed by atoms with Gasteiger partial charge >= 0.3 is 0 Å². The van der Waals surface area contributed by atoms with Gasteiger partial charge in [0.05, 0.1) is 13.3 Å². The van der Waals surface area contributed by atoms with E-state index in [0.717, 1.165) is 23.3 Å². The van der Waals surface area contributed by atoms with Gasteiger partial charge in [0.15, 0.2) is 0 Å². The molecule has 0 saturated heterocycles. The van der Waals surface area contributed by atoms with Crippen LogP contribution in [0.3, 0.4) is 0 Å². The molecule has 3 N–H and O–H groups in total. The third-order valence-corrected chi connectivity index (χ3v) is 3.38. The highest BCUT2D eigenvalue weighted by Crippen LogP contribution is 2.36. The summed E-state index contributed by atoms with van der Waals surface area (Å²) in [6, 6.07) is 4.27. The standard InChI is InChI=1S/C15H21N3O/c1-5-10-6-11(13-8-17-18-15(13)16)7-12(9(2)3)14(10)19-4/h6-9H,5H2,1-4H3,(H3,16,17,18). The zero-order valence-electron chi connectivity index (χ0n) is 11.9. The minimum atomic E-state index is 0.397. The second-order valence-electron chi connectivity index (χ2n) is 4.96. The van der Waals surface area contributed by atoms with E-state index >= 15 is 0 Å². The van der Waals surface area contributed by atoms with Crippen LogP contribution in [-0.4, -0.2) is 17.3 Å². The number of aromatic nitrogens is 2. The molecule has 0 fully saturated rings. The summed E-state index contributed by atoms with van der Waals surface area (Å²) in [4.78, 5) is 0. The van der Waals surface area contributed by atoms with E-state index < -0.39 is 0 Å². The Kier molecular flexibility index (Phi) is 3.79. The number of benzene rings is 1. The molecule has 0 aliphatic heterocycles. The average Bonchev–Trinajstić information content (AvgIpc) is 2.83. The van der Waals surface area contributed by atoms with Gasteiger partial charge in [0.25, 0.3) is 0 Å². The lowest BCUT2D eigenvalue weighted by Gasteiger charge is -2.17. The topological polar surface area (TPSA) is 63.9 Å². The van der Waals surface area contributed by atoms with Crippen LogP contribution in [0.2, 0.25) is 0 Å². The largest absolute Gasteiger partial charge is 0.496 e. The number of rotatable bonds is 4. The summed E-state index contributed by atoms with van der Waals surface area (Å²) >= 11 is 0. The monoisotopic (exact) mass is 259 g/mol. The number of H-pyrrole nitrogens is 1. The number of methoxy groups -OCH3 is 1. The molecule has 0 aliphatic rings. The van der Waals surface area contributed by atoms with Crippen molar-refractivity contribution in [1.82, 2.24) is 10.2 Å². The summed E-state index contributed by atoms with van der Waals surface area (Å²) in [6.07, 6.45) is 2.69. The molecule has 0 atom stereocenters. The molecule has 0 spiro atoms. The van der Waals surface area contributed by atoms with Crippen LogP contribution in [-0.2, 0) is 6.42 Å². The zero-order chi connectivity index (χ0) is 14.0. The Bertz CT molecular complexity index is 573. The van der Waals surface area contributed by atoms with E-state index in [0.29, 0.717) is 11.7 Å². The number of nitrogens with two attached hydrogens (primary N) is 1. The van der Waals surface area contributed by atoms with Gasteiger partial charge in [0.2, 0.25) is 0 Å². The maximum Gasteiger partial charge on any atom is 0.126 e. The normalized spacial score (nSPS) is 11.0. The van der Waals surface area contributed by atoms with Crippen LogP contribution >= 0.6 is 0 Å². The van der Waals surface area contributed by atoms with Crippen LogP contribution in [0, 0.1) is 0 Å². The highest BCUT2D eigenvalue weighted by molar-refractivity contribution is 5.75. The molecule has 4 nitrogen and oxygen atoms in total. The fourth-order valence-electron chi connectivity index (χ4n) is 2.34. The molecule has 0 aliphatic carbocycles. The Balaban J connectivity index is 2.65. The van der Waals surface area contributed by atoms with Gasteiger partial charge in [-0.2, -0.15) is 5.10 Å². The van der Waals surface area contributed by atoms with Crippen molar-refractivity contribution >= 4 is 5.82 Å². The summed E-state index contributed by atoms with van der Waals surface area (Å²) in [7, 11) is 1.73. The zero-order valence-corrected chi connectivity index (χ0v) is 11.9. The number of nitrogens with zero attached hydrogens (tertiary/aromatic N) is 1. The van der Waals surface area contributed by atoms with Gasteiger partial charge in [-0.25, -0.2) is 0 Å². The predicted octanol–water partition coefficient (Wildman–Crippen LogP) is 3.35. The minimum Gasteiger partial charge on any atom is -0.496 e. The molecule has 0 saturated carbocycles. The van der Waals surface area contributed by atoms with Crippen molar-refractivity contribution in [2.45, 2.75) is 33.1 Å². The van der Waals surface area contributed by atoms with E-state index in [1.807, 2.05) is 0 Å². The van der Waals surface area contributed by atoms with Crippen LogP contribution in [0.1, 0.15) is 37.8 Å². The van der Waals surface area contributed by atoms with E-state index in [4.69, 9.17) is 10.5 Å². The molecule has 1 aromatic carbocycles. The first-order chi connectivity index (χ1) is 9.08. The van der Waals surface area contributed by atoms with E-state index in [-0.39, 0.29) is 0 Å². The second-order valence-corrected chi connectivity index (χ2v) is 4.96. The van der Waals surface area contributed by atoms with Crippen molar-refractivity contribution in [3.05, 3.63) is 29.5 Å². The number of ether oxygens (including phenoxy) is 1. The Morgan fingerprint density at radius 1 is 1.37 bits per heavy atom. The van der Waals surface area contributed by atoms with Gasteiger partial charge in [-0.15, -0.1) is 0 Å². The molecule has 0 amide bonds. The van der Waals surface area contributed by atoms with E-state index in [1.165, 1.54) is 11.1 Å². The van der Waals surface area contributed by atoms with Crippen molar-refractivity contribution in [2.24, 2.45) is 0 Å². The Labute approximate surface area is 114 Å². The quantitative estimate of drug-likeness (QED) is 0.885. The molecule has 2 rings (SSSR count). The van der Waals surface area contributed by atoms with Gasteiger partial charge in [0.1, 0.15) is 11.6 Å². The molecule has 1 aromatic heterocycles. The first kappa shape index (κ1) is 13.5. The van der Waals surface area contributed by atoms with Gasteiger partial charge < -0.3 is 10.5 Å². The Morgan fingerprint density at radius 2 is 2.11 bits per heavy atom. The lowest BCUT2D eigenvalue weighted by Crippen LogP contribution is -2.00. The minimum absolute atomic E-state index is 0.397. The Hall–Kier alpha value is -1.97. The number of aromatic amines is 1. The molecule has 19 heavy (non-hydrogen) atoms. The number of nitrogen functional groups attached to an aromatic ring is 1. The fourth-order valence-corrected chi connectivity index (χ4v) is 2.34. The van der Waals surface area contributed by atoms with Gasteiger partial charge in [-0.05, 0) is 41.2 Å². The molecular formula is C15H21N3O. The molecule has 1 heterocycles. The third kappa shape index (κ3) is 2.43. The van der Waals surface area contributed by atoms with E-state index in [1.54, 1.807) is 13.3 Å². The summed E-state index contributed by atoms with van der Waals surface area (Å²) < 4.78 is 5.58. The smallest absolute Gasteiger partial charge is 0.126 e. The lowest BCUT2D eigenvalue weighted by atomic mass is 9.93. The van der Waals surface area contributed by atoms with Crippen LogP contribution < -0.4 is 10.5 Å². The molecule has 0 radical (unpaired) electrons. The summed E-state index contributed by atoms with van der Waals surface area (Å²) in [5.74, 6) is 1.98. The van der Waals surface area contributed by atoms with Gasteiger partial charge in [-0.1, -0.05) is 20.8 Å². The molecule has 4 heteroatoms. The maximum atomic E-state index is 5.91. The number of aryl methyl sites for hydroxylation is 1. The van der Waals surface area contributed by atoms with Crippen molar-refractivity contribution in [1.29, 1.82) is 0 Å². The number of nitrogens with one attached hydrogen (secondary N) is 1. The van der Waals surface area contributed by atoms with Gasteiger partial charge in [0, 0.05) is 5.56 Å². The number of hydrogen-bond donors (Lipinski definition) is 2. The van der Waals surface area contributed by atoms with Crippen LogP contribution in [0.5, 0.6) is 5.75 Å². The summed E-state index contributed by atoms with van der Waals surface area (Å²) in [5.41, 5.74) is 10.4. The van der Waals surface area contributed by atoms with Crippen molar-refractivity contribution < 1.29 is 4.74 Å². The molecule has 0 bridgehead atoms. The van der Waals surface area contributed by atoms with Crippen LogP contribution in [0.25, 0.3) is 11.1 Å². The van der Waals surface area contributed by atoms with Gasteiger partial charge in [-0.3, -0.25) is 5.10 Å². The SMILES string of the molecule is CCc1cc(-c2cn[nH]c2N)cc(C(C)C)c1OC. The van der Waals surface area contributed by atoms with Crippen molar-refractivity contribution in [2.75, 3.05) is 12.8 Å². The number of hydrogen-bond acceptors (Lipinski definition) is 3. The summed E-state index contributed by atoms with van der Waals surface area (Å²) in [6.45, 7) is 6.46. The highest BCUT2D eigenvalue weighted by Gasteiger charge is 2.15. The first-order valence-electron chi connectivity index (χ1n) is 6.58. The summed E-state index contributed by atoms with van der Waals surface area (Å²) in [5, 5.41) is 6.77. The first-order valence-corrected chi connectivity index (χ1v) is 6.58. The average molecular weight is 259 g/mol. The second kappa shape index (κ2) is 5.34. The molecule has 102 valence electrons. The van der Waals surface area contributed by atoms with E-state index in [9.17, 15) is 0 Å². The maximum absolute atomic E-state index is 5.91. The number of anilines is 1. The van der Waals surface area contributed by atoms with Crippen molar-refractivity contribution in [3.63, 3.8) is 0 Å². The molecule has 2 aromatic rings. The predicted molar refractivity (Wildman–Crippen MR) is 78.5 cm³/mol. The third-order valence-electron chi connectivity index (χ3n) is 3.38. The highest BCUT2D eigenvalue weighted by atomic mass is 16.5. The fraction of sp³-hybridized carbons (Fsp3) is 0.400. The molecule has 0 unspecified atom stereocenters. The van der Waals surface area contributed by atoms with Crippen LogP contribution in [0.15, 0.2) is 18.3 Å². The van der Waals surface area contributed by atoms with E-state index in [2.05, 4.69) is 43.1 Å².